The zero-order valence-electron chi connectivity index (χ0n) is 5.96. The molecule has 0 atom stereocenters. The molecule has 0 radical (unpaired) electrons. The number of carboxylic acid groups (broad SMARTS) is 1. The second-order valence-corrected chi connectivity index (χ2v) is 2.21. The van der Waals surface area contributed by atoms with E-state index >= 15 is 0 Å². The third-order valence-corrected chi connectivity index (χ3v) is 1.37. The van der Waals surface area contributed by atoms with Crippen molar-refractivity contribution in [1.82, 2.24) is 0 Å². The third kappa shape index (κ3) is 1.78. The maximum Gasteiger partial charge on any atom is 0.263 e. The summed E-state index contributed by atoms with van der Waals surface area (Å²) in [5, 5.41) is 10.2. The van der Waals surface area contributed by atoms with Gasteiger partial charge in [0.05, 0.1) is 5.97 Å². The average Bonchev–Trinajstić information content (AvgIpc) is 2.04. The lowest BCUT2D eigenvalue weighted by atomic mass is 10.1. The van der Waals surface area contributed by atoms with Crippen LogP contribution in [0.3, 0.4) is 0 Å². The van der Waals surface area contributed by atoms with Gasteiger partial charge in [0.2, 0.25) is 0 Å². The molecule has 0 saturated carbocycles. The normalized spacial score (nSPS) is 10.2. The van der Waals surface area contributed by atoms with Crippen LogP contribution in [0.5, 0.6) is 0 Å². The first-order chi connectivity index (χ1) is 5.61. The number of hydrogen-bond acceptors (Lipinski definition) is 2. The minimum Gasteiger partial charge on any atom is -0.545 e. The quantitative estimate of drug-likeness (QED) is 0.665. The molecule has 0 aliphatic heterocycles. The van der Waals surface area contributed by atoms with E-state index in [-0.39, 0.29) is 11.1 Å². The minimum atomic E-state index is -2.65. The minimum absolute atomic E-state index is 0.229. The van der Waals surface area contributed by atoms with Gasteiger partial charge in [-0.05, 0) is 11.6 Å². The maximum absolute atomic E-state index is 12.0. The highest BCUT2D eigenvalue weighted by atomic mass is 19.3. The predicted molar refractivity (Wildman–Crippen MR) is 35.7 cm³/mol. The highest BCUT2D eigenvalue weighted by Crippen LogP contribution is 2.18. The molecule has 0 aliphatic rings. The lowest BCUT2D eigenvalue weighted by molar-refractivity contribution is -0.255. The van der Waals surface area contributed by atoms with Gasteiger partial charge in [-0.2, -0.15) is 0 Å². The SMILES string of the molecule is O=C([O-])c1cccc(C(F)F)c1. The van der Waals surface area contributed by atoms with E-state index in [9.17, 15) is 18.7 Å². The Balaban J connectivity index is 3.04. The Labute approximate surface area is 67.4 Å². The van der Waals surface area contributed by atoms with Gasteiger partial charge in [0.1, 0.15) is 0 Å². The zero-order chi connectivity index (χ0) is 9.14. The van der Waals surface area contributed by atoms with Gasteiger partial charge in [-0.15, -0.1) is 0 Å². The molecule has 12 heavy (non-hydrogen) atoms. The highest BCUT2D eigenvalue weighted by Gasteiger charge is 2.06. The zero-order valence-corrected chi connectivity index (χ0v) is 5.96. The largest absolute Gasteiger partial charge is 0.545 e. The first-order valence-corrected chi connectivity index (χ1v) is 3.20. The summed E-state index contributed by atoms with van der Waals surface area (Å²) in [6, 6.07) is 4.53. The molecule has 1 aromatic rings. The summed E-state index contributed by atoms with van der Waals surface area (Å²) in [5.41, 5.74) is -0.537. The van der Waals surface area contributed by atoms with Crippen molar-refractivity contribution in [3.05, 3.63) is 35.4 Å². The van der Waals surface area contributed by atoms with Crippen LogP contribution in [0.2, 0.25) is 0 Å². The third-order valence-electron chi connectivity index (χ3n) is 1.37. The van der Waals surface area contributed by atoms with Crippen molar-refractivity contribution < 1.29 is 18.7 Å². The monoisotopic (exact) mass is 171 g/mol. The van der Waals surface area contributed by atoms with Crippen LogP contribution in [0.25, 0.3) is 0 Å². The van der Waals surface area contributed by atoms with Crippen LogP contribution in [-0.4, -0.2) is 5.97 Å². The Hall–Kier alpha value is -1.45. The fourth-order valence-corrected chi connectivity index (χ4v) is 0.801. The fourth-order valence-electron chi connectivity index (χ4n) is 0.801. The van der Waals surface area contributed by atoms with E-state index in [4.69, 9.17) is 0 Å². The second kappa shape index (κ2) is 3.30. The Morgan fingerprint density at radius 3 is 2.58 bits per heavy atom. The Morgan fingerprint density at radius 1 is 1.42 bits per heavy atom. The Kier molecular flexibility index (Phi) is 2.38. The van der Waals surface area contributed by atoms with E-state index in [0.717, 1.165) is 12.1 Å². The molecule has 0 aromatic heterocycles. The van der Waals surface area contributed by atoms with E-state index in [1.54, 1.807) is 0 Å². The molecule has 0 saturated heterocycles. The van der Waals surface area contributed by atoms with Crippen LogP contribution in [0.1, 0.15) is 22.3 Å². The summed E-state index contributed by atoms with van der Waals surface area (Å²) in [5.74, 6) is -1.45. The second-order valence-electron chi connectivity index (χ2n) is 2.21. The van der Waals surface area contributed by atoms with Gasteiger partial charge >= 0.3 is 0 Å². The van der Waals surface area contributed by atoms with Crippen molar-refractivity contribution in [2.45, 2.75) is 6.43 Å². The highest BCUT2D eigenvalue weighted by molar-refractivity contribution is 5.85. The van der Waals surface area contributed by atoms with Crippen molar-refractivity contribution in [2.24, 2.45) is 0 Å². The number of rotatable bonds is 2. The average molecular weight is 171 g/mol. The van der Waals surface area contributed by atoms with Crippen molar-refractivity contribution in [3.63, 3.8) is 0 Å². The molecule has 0 heterocycles. The lowest BCUT2D eigenvalue weighted by Gasteiger charge is -2.04. The van der Waals surface area contributed by atoms with Crippen molar-refractivity contribution in [3.8, 4) is 0 Å². The van der Waals surface area contributed by atoms with Gasteiger partial charge in [-0.25, -0.2) is 8.78 Å². The molecule has 0 aliphatic carbocycles. The first kappa shape index (κ1) is 8.64. The van der Waals surface area contributed by atoms with Crippen LogP contribution in [0.4, 0.5) is 8.78 Å². The van der Waals surface area contributed by atoms with Crippen LogP contribution in [0.15, 0.2) is 24.3 Å². The summed E-state index contributed by atoms with van der Waals surface area (Å²) >= 11 is 0. The summed E-state index contributed by atoms with van der Waals surface area (Å²) in [7, 11) is 0. The predicted octanol–water partition coefficient (Wildman–Crippen LogP) is 0.988. The smallest absolute Gasteiger partial charge is 0.263 e. The molecule has 0 amide bonds. The molecule has 0 fully saturated rings. The number of halogens is 2. The molecular formula is C8H5F2O2-. The number of alkyl halides is 2. The van der Waals surface area contributed by atoms with Crippen molar-refractivity contribution in [1.29, 1.82) is 0 Å². The van der Waals surface area contributed by atoms with Crippen LogP contribution >= 0.6 is 0 Å². The number of carbonyl (C=O) groups excluding carboxylic acids is 1. The van der Waals surface area contributed by atoms with Gasteiger partial charge < -0.3 is 9.90 Å². The molecule has 1 rings (SSSR count). The van der Waals surface area contributed by atoms with Crippen LogP contribution < -0.4 is 5.11 Å². The molecule has 4 heteroatoms. The lowest BCUT2D eigenvalue weighted by Crippen LogP contribution is -2.22. The molecule has 0 N–H and O–H groups in total. The maximum atomic E-state index is 12.0. The molecule has 0 spiro atoms. The first-order valence-electron chi connectivity index (χ1n) is 3.20. The molecule has 2 nitrogen and oxygen atoms in total. The van der Waals surface area contributed by atoms with Gasteiger partial charge in [0, 0.05) is 5.56 Å². The number of benzene rings is 1. The topological polar surface area (TPSA) is 40.1 Å². The molecule has 1 aromatic carbocycles. The molecule has 64 valence electrons. The van der Waals surface area contributed by atoms with E-state index < -0.39 is 12.4 Å². The molecule has 0 bridgehead atoms. The number of carboxylic acids is 1. The Morgan fingerprint density at radius 2 is 2.08 bits per heavy atom. The number of carbonyl (C=O) groups is 1. The van der Waals surface area contributed by atoms with Gasteiger partial charge in [-0.1, -0.05) is 18.2 Å². The van der Waals surface area contributed by atoms with Crippen molar-refractivity contribution in [2.75, 3.05) is 0 Å². The molecule has 0 unspecified atom stereocenters. The standard InChI is InChI=1S/C8H6F2O2/c9-7(10)5-2-1-3-6(4-5)8(11)12/h1-4,7H,(H,11,12)/p-1. The fraction of sp³-hybridized carbons (Fsp3) is 0.125. The Bertz CT molecular complexity index is 297. The number of aromatic carboxylic acids is 1. The van der Waals surface area contributed by atoms with E-state index in [2.05, 4.69) is 0 Å². The van der Waals surface area contributed by atoms with Gasteiger partial charge in [0.15, 0.2) is 0 Å². The van der Waals surface area contributed by atoms with E-state index in [0.29, 0.717) is 0 Å². The van der Waals surface area contributed by atoms with E-state index in [1.807, 2.05) is 0 Å². The van der Waals surface area contributed by atoms with Crippen LogP contribution in [0, 0.1) is 0 Å². The number of hydrogen-bond donors (Lipinski definition) is 0. The molecular weight excluding hydrogens is 166 g/mol. The van der Waals surface area contributed by atoms with Gasteiger partial charge in [-0.3, -0.25) is 0 Å². The summed E-state index contributed by atoms with van der Waals surface area (Å²) in [4.78, 5) is 10.2. The van der Waals surface area contributed by atoms with Gasteiger partial charge in [0.25, 0.3) is 6.43 Å². The van der Waals surface area contributed by atoms with Crippen molar-refractivity contribution >= 4 is 5.97 Å². The summed E-state index contributed by atoms with van der Waals surface area (Å²) in [6.45, 7) is 0. The summed E-state index contributed by atoms with van der Waals surface area (Å²) in [6.07, 6.45) is -2.65. The summed E-state index contributed by atoms with van der Waals surface area (Å²) < 4.78 is 24.0. The van der Waals surface area contributed by atoms with E-state index in [1.165, 1.54) is 12.1 Å². The van der Waals surface area contributed by atoms with Crippen LogP contribution in [-0.2, 0) is 0 Å².